The second kappa shape index (κ2) is 8.14. The third-order valence-electron chi connectivity index (χ3n) is 5.43. The van der Waals surface area contributed by atoms with Crippen LogP contribution in [-0.4, -0.2) is 41.9 Å². The van der Waals surface area contributed by atoms with Gasteiger partial charge in [0.05, 0.1) is 11.4 Å². The van der Waals surface area contributed by atoms with Crippen molar-refractivity contribution in [2.45, 2.75) is 57.7 Å². The molecule has 1 fully saturated rings. The van der Waals surface area contributed by atoms with Gasteiger partial charge in [0.25, 0.3) is 0 Å². The molecule has 10 heteroatoms. The van der Waals surface area contributed by atoms with Crippen molar-refractivity contribution >= 4 is 10.0 Å². The van der Waals surface area contributed by atoms with Crippen LogP contribution in [0, 0.1) is 27.7 Å². The first-order valence-corrected chi connectivity index (χ1v) is 11.0. The van der Waals surface area contributed by atoms with Crippen LogP contribution in [0.5, 0.6) is 6.01 Å². The van der Waals surface area contributed by atoms with Crippen LogP contribution < -0.4 is 4.74 Å². The van der Waals surface area contributed by atoms with Gasteiger partial charge in [0, 0.05) is 12.7 Å². The molecule has 1 unspecified atom stereocenters. The Kier molecular flexibility index (Phi) is 6.10. The number of aromatic nitrogens is 2. The number of alkyl halides is 3. The number of piperidine rings is 1. The van der Waals surface area contributed by atoms with Gasteiger partial charge in [0.2, 0.25) is 10.0 Å². The number of ether oxygens (including phenoxy) is 1. The standard InChI is InChI=1S/C20H24F3N3O3S/c1-12-10-13(2)15(4)18(14(12)3)30(27,28)26-9-5-6-16(11-26)29-19-24-8-7-17(25-19)20(21,22)23/h7-8,10,16H,5-6,9,11H2,1-4H3. The molecule has 1 atom stereocenters. The second-order valence-corrected chi connectivity index (χ2v) is 9.43. The van der Waals surface area contributed by atoms with Crippen LogP contribution in [0.25, 0.3) is 0 Å². The molecule has 2 heterocycles. The van der Waals surface area contributed by atoms with E-state index in [0.29, 0.717) is 30.5 Å². The van der Waals surface area contributed by atoms with E-state index < -0.39 is 34.0 Å². The largest absolute Gasteiger partial charge is 0.459 e. The molecule has 164 valence electrons. The Morgan fingerprint density at radius 3 is 2.37 bits per heavy atom. The quantitative estimate of drug-likeness (QED) is 0.715. The highest BCUT2D eigenvalue weighted by atomic mass is 32.2. The fourth-order valence-corrected chi connectivity index (χ4v) is 5.71. The molecule has 0 aliphatic carbocycles. The summed E-state index contributed by atoms with van der Waals surface area (Å²) in [7, 11) is -3.79. The van der Waals surface area contributed by atoms with Crippen molar-refractivity contribution in [2.75, 3.05) is 13.1 Å². The van der Waals surface area contributed by atoms with Crippen molar-refractivity contribution in [2.24, 2.45) is 0 Å². The number of hydrogen-bond acceptors (Lipinski definition) is 5. The molecule has 0 spiro atoms. The third-order valence-corrected chi connectivity index (χ3v) is 7.57. The fourth-order valence-electron chi connectivity index (χ4n) is 3.62. The van der Waals surface area contributed by atoms with Crippen LogP contribution >= 0.6 is 0 Å². The summed E-state index contributed by atoms with van der Waals surface area (Å²) in [5.74, 6) is 0. The number of nitrogens with zero attached hydrogens (tertiary/aromatic N) is 3. The van der Waals surface area contributed by atoms with Gasteiger partial charge in [-0.05, 0) is 68.9 Å². The highest BCUT2D eigenvalue weighted by molar-refractivity contribution is 7.89. The van der Waals surface area contributed by atoms with Crippen molar-refractivity contribution in [1.29, 1.82) is 0 Å². The summed E-state index contributed by atoms with van der Waals surface area (Å²) in [6.45, 7) is 7.64. The first-order chi connectivity index (χ1) is 13.9. The van der Waals surface area contributed by atoms with Gasteiger partial charge in [-0.15, -0.1) is 0 Å². The Morgan fingerprint density at radius 2 is 1.77 bits per heavy atom. The molecule has 0 amide bonds. The molecule has 3 rings (SSSR count). The summed E-state index contributed by atoms with van der Waals surface area (Å²) < 4.78 is 72.3. The van der Waals surface area contributed by atoms with Crippen molar-refractivity contribution in [3.8, 4) is 6.01 Å². The lowest BCUT2D eigenvalue weighted by Crippen LogP contribution is -2.44. The Morgan fingerprint density at radius 1 is 1.13 bits per heavy atom. The van der Waals surface area contributed by atoms with Gasteiger partial charge in [-0.3, -0.25) is 0 Å². The Labute approximate surface area is 174 Å². The van der Waals surface area contributed by atoms with E-state index in [1.165, 1.54) is 4.31 Å². The highest BCUT2D eigenvalue weighted by Crippen LogP contribution is 2.31. The first kappa shape index (κ1) is 22.5. The molecule has 6 nitrogen and oxygen atoms in total. The van der Waals surface area contributed by atoms with Gasteiger partial charge >= 0.3 is 12.2 Å². The van der Waals surface area contributed by atoms with Crippen molar-refractivity contribution in [3.63, 3.8) is 0 Å². The zero-order chi connectivity index (χ0) is 22.3. The topological polar surface area (TPSA) is 72.4 Å². The maximum Gasteiger partial charge on any atom is 0.433 e. The predicted octanol–water partition coefficient (Wildman–Crippen LogP) is 3.96. The first-order valence-electron chi connectivity index (χ1n) is 9.55. The molecule has 0 bridgehead atoms. The molecule has 2 aromatic rings. The van der Waals surface area contributed by atoms with E-state index in [1.54, 1.807) is 13.8 Å². The van der Waals surface area contributed by atoms with Crippen LogP contribution in [0.3, 0.4) is 0 Å². The van der Waals surface area contributed by atoms with E-state index in [2.05, 4.69) is 9.97 Å². The summed E-state index contributed by atoms with van der Waals surface area (Å²) in [6, 6.07) is 2.31. The van der Waals surface area contributed by atoms with E-state index in [1.807, 2.05) is 19.9 Å². The molecule has 1 aromatic heterocycles. The SMILES string of the molecule is Cc1cc(C)c(C)c(S(=O)(=O)N2CCCC(Oc3nccc(C(F)(F)F)n3)C2)c1C. The molecular weight excluding hydrogens is 419 g/mol. The number of rotatable bonds is 4. The van der Waals surface area contributed by atoms with Gasteiger partial charge in [-0.2, -0.15) is 22.5 Å². The lowest BCUT2D eigenvalue weighted by atomic mass is 10.0. The van der Waals surface area contributed by atoms with Crippen molar-refractivity contribution < 1.29 is 26.3 Å². The number of hydrogen-bond donors (Lipinski definition) is 0. The normalized spacial score (nSPS) is 18.4. The van der Waals surface area contributed by atoms with Gasteiger partial charge in [-0.25, -0.2) is 13.4 Å². The van der Waals surface area contributed by atoms with Crippen LogP contribution in [-0.2, 0) is 16.2 Å². The van der Waals surface area contributed by atoms with Crippen molar-refractivity contribution in [3.05, 3.63) is 46.3 Å². The zero-order valence-corrected chi connectivity index (χ0v) is 18.1. The van der Waals surface area contributed by atoms with E-state index in [9.17, 15) is 21.6 Å². The van der Waals surface area contributed by atoms with Gasteiger partial charge in [0.15, 0.2) is 5.69 Å². The van der Waals surface area contributed by atoms with Gasteiger partial charge < -0.3 is 4.74 Å². The molecule has 1 aliphatic heterocycles. The van der Waals surface area contributed by atoms with Crippen LogP contribution in [0.2, 0.25) is 0 Å². The predicted molar refractivity (Wildman–Crippen MR) is 105 cm³/mol. The lowest BCUT2D eigenvalue weighted by molar-refractivity contribution is -0.141. The maximum absolute atomic E-state index is 13.4. The van der Waals surface area contributed by atoms with E-state index in [4.69, 9.17) is 4.74 Å². The lowest BCUT2D eigenvalue weighted by Gasteiger charge is -2.32. The highest BCUT2D eigenvalue weighted by Gasteiger charge is 2.35. The Bertz CT molecular complexity index is 1030. The molecule has 0 saturated carbocycles. The third kappa shape index (κ3) is 4.44. The summed E-state index contributed by atoms with van der Waals surface area (Å²) in [6.07, 6.45) is -3.25. The smallest absolute Gasteiger partial charge is 0.433 e. The molecular formula is C20H24F3N3O3S. The minimum atomic E-state index is -4.61. The molecule has 0 N–H and O–H groups in total. The van der Waals surface area contributed by atoms with E-state index in [0.717, 1.165) is 23.4 Å². The maximum atomic E-state index is 13.4. The summed E-state index contributed by atoms with van der Waals surface area (Å²) in [5, 5.41) is 0. The summed E-state index contributed by atoms with van der Waals surface area (Å²) >= 11 is 0. The Balaban J connectivity index is 1.85. The second-order valence-electron chi connectivity index (χ2n) is 7.56. The average molecular weight is 443 g/mol. The molecule has 30 heavy (non-hydrogen) atoms. The molecule has 0 radical (unpaired) electrons. The fraction of sp³-hybridized carbons (Fsp3) is 0.500. The Hall–Kier alpha value is -2.20. The number of halogens is 3. The van der Waals surface area contributed by atoms with Crippen LogP contribution in [0.15, 0.2) is 23.2 Å². The van der Waals surface area contributed by atoms with Crippen molar-refractivity contribution in [1.82, 2.24) is 14.3 Å². The van der Waals surface area contributed by atoms with Crippen LogP contribution in [0.4, 0.5) is 13.2 Å². The van der Waals surface area contributed by atoms with E-state index in [-0.39, 0.29) is 11.4 Å². The van der Waals surface area contributed by atoms with E-state index >= 15 is 0 Å². The number of aryl methyl sites for hydroxylation is 2. The average Bonchev–Trinajstić information content (AvgIpc) is 2.66. The monoisotopic (exact) mass is 443 g/mol. The minimum Gasteiger partial charge on any atom is -0.459 e. The minimum absolute atomic E-state index is 0.0216. The number of sulfonamides is 1. The summed E-state index contributed by atoms with van der Waals surface area (Å²) in [4.78, 5) is 7.44. The van der Waals surface area contributed by atoms with Crippen LogP contribution in [0.1, 0.15) is 40.8 Å². The molecule has 1 aliphatic rings. The van der Waals surface area contributed by atoms with Gasteiger partial charge in [0.1, 0.15) is 6.10 Å². The zero-order valence-electron chi connectivity index (χ0n) is 17.2. The summed E-state index contributed by atoms with van der Waals surface area (Å²) in [5.41, 5.74) is 2.07. The van der Waals surface area contributed by atoms with Gasteiger partial charge in [-0.1, -0.05) is 6.07 Å². The molecule has 1 saturated heterocycles. The number of benzene rings is 1. The molecule has 1 aromatic carbocycles.